The second kappa shape index (κ2) is 7.03. The van der Waals surface area contributed by atoms with Gasteiger partial charge in [0.25, 0.3) is 0 Å². The molecule has 0 fully saturated rings. The van der Waals surface area contributed by atoms with Gasteiger partial charge in [-0.1, -0.05) is 47.7 Å². The third-order valence-corrected chi connectivity index (χ3v) is 5.05. The van der Waals surface area contributed by atoms with Crippen molar-refractivity contribution in [2.45, 2.75) is 37.8 Å². The lowest BCUT2D eigenvalue weighted by molar-refractivity contribution is -0.137. The van der Waals surface area contributed by atoms with Gasteiger partial charge in [0.2, 0.25) is 0 Å². The molecule has 1 aliphatic heterocycles. The summed E-state index contributed by atoms with van der Waals surface area (Å²) in [5.74, 6) is 0. The van der Waals surface area contributed by atoms with Gasteiger partial charge >= 0.3 is 6.18 Å². The smallest absolute Gasteiger partial charge is 0.385 e. The number of benzene rings is 2. The number of rotatable bonds is 4. The quantitative estimate of drug-likeness (QED) is 0.715. The normalized spacial score (nSPS) is 20.2. The van der Waals surface area contributed by atoms with Crippen LogP contribution in [0.2, 0.25) is 0 Å². The Hall–Kier alpha value is -2.71. The Labute approximate surface area is 159 Å². The van der Waals surface area contributed by atoms with E-state index in [0.717, 1.165) is 17.7 Å². The van der Waals surface area contributed by atoms with Crippen molar-refractivity contribution in [3.63, 3.8) is 0 Å². The van der Waals surface area contributed by atoms with Crippen LogP contribution < -0.4 is 5.32 Å². The van der Waals surface area contributed by atoms with E-state index in [1.54, 1.807) is 4.68 Å². The molecule has 1 aromatic heterocycles. The Morgan fingerprint density at radius 3 is 2.43 bits per heavy atom. The Kier molecular flexibility index (Phi) is 4.68. The molecule has 5 nitrogen and oxygen atoms in total. The standard InChI is InChI=1S/C20H19F3N4O/c1-12(13-5-3-2-4-6-13)24-16-11-27-18(19(16)28)17(25-26-27)14-7-9-15(10-8-14)20(21,22)23/h2-10,12,16,19,24,28H,11H2,1H3/t12-,16+,19+/m1/s1. The zero-order valence-corrected chi connectivity index (χ0v) is 15.1. The molecule has 2 aromatic carbocycles. The summed E-state index contributed by atoms with van der Waals surface area (Å²) in [5, 5.41) is 22.3. The lowest BCUT2D eigenvalue weighted by Crippen LogP contribution is -2.35. The fourth-order valence-electron chi connectivity index (χ4n) is 3.55. The Balaban J connectivity index is 1.55. The van der Waals surface area contributed by atoms with Crippen LogP contribution in [0.5, 0.6) is 0 Å². The van der Waals surface area contributed by atoms with Gasteiger partial charge in [0.15, 0.2) is 0 Å². The van der Waals surface area contributed by atoms with E-state index in [2.05, 4.69) is 15.6 Å². The summed E-state index contributed by atoms with van der Waals surface area (Å²) in [7, 11) is 0. The Morgan fingerprint density at radius 1 is 1.11 bits per heavy atom. The van der Waals surface area contributed by atoms with Crippen molar-refractivity contribution >= 4 is 0 Å². The predicted molar refractivity (Wildman–Crippen MR) is 97.2 cm³/mol. The third kappa shape index (κ3) is 3.41. The minimum Gasteiger partial charge on any atom is -0.385 e. The summed E-state index contributed by atoms with van der Waals surface area (Å²) < 4.78 is 39.9. The van der Waals surface area contributed by atoms with Crippen LogP contribution in [-0.4, -0.2) is 26.1 Å². The average Bonchev–Trinajstić information content (AvgIpc) is 3.22. The largest absolute Gasteiger partial charge is 0.416 e. The molecule has 3 aromatic rings. The monoisotopic (exact) mass is 388 g/mol. The van der Waals surface area contributed by atoms with Gasteiger partial charge in [-0.15, -0.1) is 5.10 Å². The second-order valence-corrected chi connectivity index (χ2v) is 6.93. The molecular formula is C20H19F3N4O. The minimum absolute atomic E-state index is 0.0212. The highest BCUT2D eigenvalue weighted by Gasteiger charge is 2.37. The van der Waals surface area contributed by atoms with Crippen LogP contribution >= 0.6 is 0 Å². The molecule has 2 heterocycles. The molecule has 0 amide bonds. The van der Waals surface area contributed by atoms with Crippen molar-refractivity contribution in [2.75, 3.05) is 0 Å². The van der Waals surface area contributed by atoms with E-state index < -0.39 is 17.8 Å². The lowest BCUT2D eigenvalue weighted by atomic mass is 10.0. The Morgan fingerprint density at radius 2 is 1.79 bits per heavy atom. The molecule has 2 N–H and O–H groups in total. The summed E-state index contributed by atoms with van der Waals surface area (Å²) in [6.07, 6.45) is -5.26. The molecule has 4 rings (SSSR count). The molecule has 3 atom stereocenters. The number of aliphatic hydroxyl groups is 1. The first-order valence-electron chi connectivity index (χ1n) is 8.94. The summed E-state index contributed by atoms with van der Waals surface area (Å²) >= 11 is 0. The highest BCUT2D eigenvalue weighted by atomic mass is 19.4. The second-order valence-electron chi connectivity index (χ2n) is 6.93. The average molecular weight is 388 g/mol. The van der Waals surface area contributed by atoms with Crippen molar-refractivity contribution in [1.29, 1.82) is 0 Å². The number of halogens is 3. The van der Waals surface area contributed by atoms with E-state index in [4.69, 9.17) is 0 Å². The molecule has 146 valence electrons. The number of nitrogens with zero attached hydrogens (tertiary/aromatic N) is 3. The highest BCUT2D eigenvalue weighted by Crippen LogP contribution is 2.36. The molecule has 0 saturated heterocycles. The number of aliphatic hydroxyl groups excluding tert-OH is 1. The van der Waals surface area contributed by atoms with Gasteiger partial charge in [-0.25, -0.2) is 4.68 Å². The topological polar surface area (TPSA) is 63.0 Å². The molecule has 0 radical (unpaired) electrons. The van der Waals surface area contributed by atoms with E-state index >= 15 is 0 Å². The molecule has 1 aliphatic rings. The van der Waals surface area contributed by atoms with Crippen LogP contribution in [0.1, 0.15) is 35.9 Å². The van der Waals surface area contributed by atoms with Crippen LogP contribution in [0, 0.1) is 0 Å². The number of hydrogen-bond donors (Lipinski definition) is 2. The van der Waals surface area contributed by atoms with Gasteiger partial charge in [0.1, 0.15) is 11.8 Å². The van der Waals surface area contributed by atoms with Crippen LogP contribution in [0.4, 0.5) is 13.2 Å². The van der Waals surface area contributed by atoms with E-state index in [-0.39, 0.29) is 12.1 Å². The zero-order chi connectivity index (χ0) is 19.9. The number of fused-ring (bicyclic) bond motifs is 1. The fraction of sp³-hybridized carbons (Fsp3) is 0.300. The van der Waals surface area contributed by atoms with E-state index in [1.165, 1.54) is 12.1 Å². The lowest BCUT2D eigenvalue weighted by Gasteiger charge is -2.22. The summed E-state index contributed by atoms with van der Waals surface area (Å²) in [6, 6.07) is 14.3. The van der Waals surface area contributed by atoms with Gasteiger partial charge in [-0.05, 0) is 24.6 Å². The van der Waals surface area contributed by atoms with E-state index in [9.17, 15) is 18.3 Å². The molecule has 28 heavy (non-hydrogen) atoms. The van der Waals surface area contributed by atoms with Crippen molar-refractivity contribution in [3.05, 3.63) is 71.4 Å². The highest BCUT2D eigenvalue weighted by molar-refractivity contribution is 5.63. The molecule has 0 saturated carbocycles. The predicted octanol–water partition coefficient (Wildman–Crippen LogP) is 3.73. The summed E-state index contributed by atoms with van der Waals surface area (Å²) in [4.78, 5) is 0. The third-order valence-electron chi connectivity index (χ3n) is 5.05. The number of alkyl halides is 3. The van der Waals surface area contributed by atoms with E-state index in [0.29, 0.717) is 23.5 Å². The number of aromatic nitrogens is 3. The molecule has 0 unspecified atom stereocenters. The van der Waals surface area contributed by atoms with Crippen LogP contribution in [0.15, 0.2) is 54.6 Å². The maximum Gasteiger partial charge on any atom is 0.416 e. The van der Waals surface area contributed by atoms with Crippen LogP contribution in [0.3, 0.4) is 0 Å². The minimum atomic E-state index is -4.39. The van der Waals surface area contributed by atoms with Crippen molar-refractivity contribution in [1.82, 2.24) is 20.3 Å². The van der Waals surface area contributed by atoms with E-state index in [1.807, 2.05) is 37.3 Å². The first-order valence-corrected chi connectivity index (χ1v) is 8.94. The fourth-order valence-corrected chi connectivity index (χ4v) is 3.55. The van der Waals surface area contributed by atoms with Gasteiger partial charge in [0, 0.05) is 11.6 Å². The van der Waals surface area contributed by atoms with Gasteiger partial charge in [-0.3, -0.25) is 0 Å². The van der Waals surface area contributed by atoms with Crippen molar-refractivity contribution in [2.24, 2.45) is 0 Å². The maximum absolute atomic E-state index is 12.8. The molecule has 8 heteroatoms. The summed E-state index contributed by atoms with van der Waals surface area (Å²) in [6.45, 7) is 2.44. The Bertz CT molecular complexity index is 954. The molecule has 0 spiro atoms. The number of nitrogens with one attached hydrogen (secondary N) is 1. The van der Waals surface area contributed by atoms with Crippen LogP contribution in [-0.2, 0) is 12.7 Å². The summed E-state index contributed by atoms with van der Waals surface area (Å²) in [5.41, 5.74) is 1.78. The first kappa shape index (κ1) is 18.6. The van der Waals surface area contributed by atoms with Crippen molar-refractivity contribution in [3.8, 4) is 11.3 Å². The SMILES string of the molecule is C[C@@H](N[C@H]1Cn2nnc(-c3ccc(C(F)(F)F)cc3)c2[C@H]1O)c1ccccc1. The van der Waals surface area contributed by atoms with Gasteiger partial charge in [-0.2, -0.15) is 13.2 Å². The first-order chi connectivity index (χ1) is 13.3. The zero-order valence-electron chi connectivity index (χ0n) is 15.1. The van der Waals surface area contributed by atoms with Gasteiger partial charge in [0.05, 0.1) is 23.8 Å². The molecular weight excluding hydrogens is 369 g/mol. The van der Waals surface area contributed by atoms with Gasteiger partial charge < -0.3 is 10.4 Å². The molecule has 0 aliphatic carbocycles. The number of hydrogen-bond acceptors (Lipinski definition) is 4. The molecule has 0 bridgehead atoms. The maximum atomic E-state index is 12.8. The van der Waals surface area contributed by atoms with Crippen molar-refractivity contribution < 1.29 is 18.3 Å². The van der Waals surface area contributed by atoms with Crippen LogP contribution in [0.25, 0.3) is 11.3 Å².